The summed E-state index contributed by atoms with van der Waals surface area (Å²) in [5, 5.41) is 4.52. The van der Waals surface area contributed by atoms with E-state index in [0.717, 1.165) is 18.9 Å². The predicted octanol–water partition coefficient (Wildman–Crippen LogP) is 1.68. The number of hydrogen-bond acceptors (Lipinski definition) is 4. The summed E-state index contributed by atoms with van der Waals surface area (Å²) >= 11 is 1.74. The predicted molar refractivity (Wildman–Crippen MR) is 56.3 cm³/mol. The van der Waals surface area contributed by atoms with Crippen molar-refractivity contribution in [3.8, 4) is 0 Å². The SMILES string of the molecule is CSc1nc(C2CC2)nc2c1CNC2. The monoisotopic (exact) mass is 207 g/mol. The van der Waals surface area contributed by atoms with Crippen molar-refractivity contribution in [2.75, 3.05) is 6.26 Å². The molecule has 3 nitrogen and oxygen atoms in total. The van der Waals surface area contributed by atoms with Gasteiger partial charge in [-0.15, -0.1) is 11.8 Å². The van der Waals surface area contributed by atoms with E-state index in [-0.39, 0.29) is 0 Å². The number of nitrogens with one attached hydrogen (secondary N) is 1. The lowest BCUT2D eigenvalue weighted by atomic mass is 10.2. The highest BCUT2D eigenvalue weighted by atomic mass is 32.2. The Kier molecular flexibility index (Phi) is 1.99. The van der Waals surface area contributed by atoms with Crippen LogP contribution in [-0.2, 0) is 13.1 Å². The van der Waals surface area contributed by atoms with Crippen LogP contribution in [0.3, 0.4) is 0 Å². The van der Waals surface area contributed by atoms with Crippen LogP contribution in [-0.4, -0.2) is 16.2 Å². The molecule has 1 N–H and O–H groups in total. The Bertz CT molecular complexity index is 374. The molecule has 1 aromatic heterocycles. The third-order valence-corrected chi connectivity index (χ3v) is 3.53. The van der Waals surface area contributed by atoms with Crippen molar-refractivity contribution >= 4 is 11.8 Å². The smallest absolute Gasteiger partial charge is 0.133 e. The number of fused-ring (bicyclic) bond motifs is 1. The van der Waals surface area contributed by atoms with Gasteiger partial charge in [0.25, 0.3) is 0 Å². The van der Waals surface area contributed by atoms with Crippen LogP contribution in [0.5, 0.6) is 0 Å². The highest BCUT2D eigenvalue weighted by Gasteiger charge is 2.29. The van der Waals surface area contributed by atoms with E-state index in [1.54, 1.807) is 11.8 Å². The van der Waals surface area contributed by atoms with Crippen LogP contribution in [0, 0.1) is 0 Å². The number of thioether (sulfide) groups is 1. The van der Waals surface area contributed by atoms with E-state index < -0.39 is 0 Å². The molecule has 14 heavy (non-hydrogen) atoms. The van der Waals surface area contributed by atoms with E-state index in [1.165, 1.54) is 29.1 Å². The minimum absolute atomic E-state index is 0.659. The van der Waals surface area contributed by atoms with Crippen molar-refractivity contribution in [3.05, 3.63) is 17.1 Å². The number of hydrogen-bond donors (Lipinski definition) is 1. The maximum atomic E-state index is 4.64. The first-order valence-electron chi connectivity index (χ1n) is 5.03. The number of aromatic nitrogens is 2. The van der Waals surface area contributed by atoms with E-state index >= 15 is 0 Å². The Morgan fingerprint density at radius 2 is 2.14 bits per heavy atom. The lowest BCUT2D eigenvalue weighted by Gasteiger charge is -2.06. The van der Waals surface area contributed by atoms with Crippen LogP contribution in [0.15, 0.2) is 5.03 Å². The van der Waals surface area contributed by atoms with Gasteiger partial charge in [-0.1, -0.05) is 0 Å². The Balaban J connectivity index is 2.08. The van der Waals surface area contributed by atoms with Crippen molar-refractivity contribution in [2.45, 2.75) is 36.9 Å². The molecule has 0 radical (unpaired) electrons. The highest BCUT2D eigenvalue weighted by Crippen LogP contribution is 2.39. The fourth-order valence-electron chi connectivity index (χ4n) is 1.85. The van der Waals surface area contributed by atoms with Gasteiger partial charge >= 0.3 is 0 Å². The van der Waals surface area contributed by atoms with Gasteiger partial charge in [0, 0.05) is 24.6 Å². The maximum absolute atomic E-state index is 4.64. The van der Waals surface area contributed by atoms with Crippen molar-refractivity contribution < 1.29 is 0 Å². The fourth-order valence-corrected chi connectivity index (χ4v) is 2.47. The molecule has 0 bridgehead atoms. The zero-order valence-corrected chi connectivity index (χ0v) is 9.02. The largest absolute Gasteiger partial charge is 0.307 e. The molecular formula is C10H13N3S. The first-order chi connectivity index (χ1) is 6.88. The van der Waals surface area contributed by atoms with E-state index in [0.29, 0.717) is 5.92 Å². The maximum Gasteiger partial charge on any atom is 0.133 e. The van der Waals surface area contributed by atoms with Gasteiger partial charge in [0.15, 0.2) is 0 Å². The molecule has 0 spiro atoms. The quantitative estimate of drug-likeness (QED) is 0.591. The second kappa shape index (κ2) is 3.21. The average Bonchev–Trinajstić information content (AvgIpc) is 2.95. The fraction of sp³-hybridized carbons (Fsp3) is 0.600. The summed E-state index contributed by atoms with van der Waals surface area (Å²) in [5.74, 6) is 1.74. The Hall–Kier alpha value is -0.610. The molecule has 1 fully saturated rings. The summed E-state index contributed by atoms with van der Waals surface area (Å²) in [6.07, 6.45) is 4.65. The summed E-state index contributed by atoms with van der Waals surface area (Å²) in [4.78, 5) is 9.27. The summed E-state index contributed by atoms with van der Waals surface area (Å²) in [5.41, 5.74) is 2.55. The zero-order chi connectivity index (χ0) is 9.54. The van der Waals surface area contributed by atoms with E-state index in [2.05, 4.69) is 21.5 Å². The van der Waals surface area contributed by atoms with Gasteiger partial charge in [0.2, 0.25) is 0 Å². The third kappa shape index (κ3) is 1.33. The van der Waals surface area contributed by atoms with Crippen LogP contribution in [0.1, 0.15) is 35.8 Å². The summed E-state index contributed by atoms with van der Waals surface area (Å²) in [6, 6.07) is 0. The second-order valence-electron chi connectivity index (χ2n) is 3.89. The molecule has 0 aromatic carbocycles. The van der Waals surface area contributed by atoms with E-state index in [4.69, 9.17) is 0 Å². The van der Waals surface area contributed by atoms with Gasteiger partial charge in [-0.25, -0.2) is 9.97 Å². The zero-order valence-electron chi connectivity index (χ0n) is 8.21. The normalized spacial score (nSPS) is 19.8. The standard InChI is InChI=1S/C10H13N3S/c1-14-10-7-4-11-5-8(7)12-9(13-10)6-2-3-6/h6,11H,2-5H2,1H3. The topological polar surface area (TPSA) is 37.8 Å². The van der Waals surface area contributed by atoms with Gasteiger partial charge in [-0.05, 0) is 19.1 Å². The minimum Gasteiger partial charge on any atom is -0.307 e. The summed E-state index contributed by atoms with van der Waals surface area (Å²) in [7, 11) is 0. The van der Waals surface area contributed by atoms with Crippen LogP contribution in [0.4, 0.5) is 0 Å². The molecule has 0 unspecified atom stereocenters. The van der Waals surface area contributed by atoms with E-state index in [9.17, 15) is 0 Å². The molecule has 0 atom stereocenters. The second-order valence-corrected chi connectivity index (χ2v) is 4.69. The van der Waals surface area contributed by atoms with E-state index in [1.807, 2.05) is 0 Å². The molecule has 0 saturated heterocycles. The molecule has 4 heteroatoms. The summed E-state index contributed by atoms with van der Waals surface area (Å²) < 4.78 is 0. The minimum atomic E-state index is 0.659. The molecule has 2 heterocycles. The van der Waals surface area contributed by atoms with Gasteiger partial charge in [-0.2, -0.15) is 0 Å². The molecule has 3 rings (SSSR count). The van der Waals surface area contributed by atoms with Crippen molar-refractivity contribution in [1.29, 1.82) is 0 Å². The Morgan fingerprint density at radius 3 is 2.86 bits per heavy atom. The lowest BCUT2D eigenvalue weighted by Crippen LogP contribution is -2.01. The van der Waals surface area contributed by atoms with Crippen molar-refractivity contribution in [3.63, 3.8) is 0 Å². The van der Waals surface area contributed by atoms with Gasteiger partial charge < -0.3 is 5.32 Å². The molecule has 1 saturated carbocycles. The van der Waals surface area contributed by atoms with Gasteiger partial charge in [0.05, 0.1) is 5.69 Å². The molecule has 74 valence electrons. The third-order valence-electron chi connectivity index (χ3n) is 2.80. The average molecular weight is 207 g/mol. The molecule has 1 aromatic rings. The Labute approximate surface area is 87.7 Å². The Morgan fingerprint density at radius 1 is 1.29 bits per heavy atom. The van der Waals surface area contributed by atoms with Crippen LogP contribution < -0.4 is 5.32 Å². The van der Waals surface area contributed by atoms with Gasteiger partial charge in [0.1, 0.15) is 10.9 Å². The first-order valence-corrected chi connectivity index (χ1v) is 6.25. The van der Waals surface area contributed by atoms with Crippen molar-refractivity contribution in [1.82, 2.24) is 15.3 Å². The van der Waals surface area contributed by atoms with Gasteiger partial charge in [-0.3, -0.25) is 0 Å². The van der Waals surface area contributed by atoms with Crippen LogP contribution in [0.25, 0.3) is 0 Å². The van der Waals surface area contributed by atoms with Crippen molar-refractivity contribution in [2.24, 2.45) is 0 Å². The molecule has 0 amide bonds. The number of rotatable bonds is 2. The van der Waals surface area contributed by atoms with Crippen LogP contribution >= 0.6 is 11.8 Å². The number of nitrogens with zero attached hydrogens (tertiary/aromatic N) is 2. The van der Waals surface area contributed by atoms with Crippen LogP contribution in [0.2, 0.25) is 0 Å². The molecule has 2 aliphatic rings. The lowest BCUT2D eigenvalue weighted by molar-refractivity contribution is 0.754. The molecule has 1 aliphatic heterocycles. The molecule has 1 aliphatic carbocycles. The molecular weight excluding hydrogens is 194 g/mol. The summed E-state index contributed by atoms with van der Waals surface area (Å²) in [6.45, 7) is 1.86. The highest BCUT2D eigenvalue weighted by molar-refractivity contribution is 7.98. The first kappa shape index (κ1) is 8.68.